The Bertz CT molecular complexity index is 551. The van der Waals surface area contributed by atoms with Crippen molar-refractivity contribution in [3.05, 3.63) is 34.1 Å². The quantitative estimate of drug-likeness (QED) is 0.389. The minimum absolute atomic E-state index is 0.260. The van der Waals surface area contributed by atoms with E-state index in [0.29, 0.717) is 22.9 Å². The first kappa shape index (κ1) is 20.1. The molecule has 0 saturated carbocycles. The highest BCUT2D eigenvalue weighted by atomic mass is 79.9. The Morgan fingerprint density at radius 3 is 2.88 bits per heavy atom. The van der Waals surface area contributed by atoms with Gasteiger partial charge in [0.2, 0.25) is 0 Å². The smallest absolute Gasteiger partial charge is 0.191 e. The van der Waals surface area contributed by atoms with Crippen LogP contribution in [0.4, 0.5) is 4.39 Å². The van der Waals surface area contributed by atoms with Crippen molar-refractivity contribution in [1.29, 1.82) is 0 Å². The lowest BCUT2D eigenvalue weighted by Crippen LogP contribution is -2.37. The highest BCUT2D eigenvalue weighted by Gasteiger charge is 2.13. The molecule has 2 rings (SSSR count). The van der Waals surface area contributed by atoms with Crippen molar-refractivity contribution in [3.63, 3.8) is 0 Å². The van der Waals surface area contributed by atoms with E-state index in [1.165, 1.54) is 6.07 Å². The normalized spacial score (nSPS) is 16.0. The first-order valence-corrected chi connectivity index (χ1v) is 9.52. The van der Waals surface area contributed by atoms with E-state index in [9.17, 15) is 4.39 Å². The molecule has 0 amide bonds. The minimum Gasteiger partial charge on any atom is -0.381 e. The Balaban J connectivity index is 1.56. The predicted molar refractivity (Wildman–Crippen MR) is 101 cm³/mol. The van der Waals surface area contributed by atoms with Gasteiger partial charge in [-0.2, -0.15) is 0 Å². The Morgan fingerprint density at radius 2 is 2.16 bits per heavy atom. The van der Waals surface area contributed by atoms with Crippen molar-refractivity contribution in [2.45, 2.75) is 25.8 Å². The molecule has 1 saturated heterocycles. The van der Waals surface area contributed by atoms with E-state index in [2.05, 4.69) is 31.6 Å². The topological polar surface area (TPSA) is 54.9 Å². The molecule has 25 heavy (non-hydrogen) atoms. The van der Waals surface area contributed by atoms with Crippen LogP contribution in [0.15, 0.2) is 27.7 Å². The number of nitrogens with one attached hydrogen (secondary N) is 2. The average molecular weight is 416 g/mol. The van der Waals surface area contributed by atoms with E-state index in [0.717, 1.165) is 57.8 Å². The van der Waals surface area contributed by atoms with E-state index < -0.39 is 0 Å². The minimum atomic E-state index is -0.260. The molecule has 0 spiro atoms. The van der Waals surface area contributed by atoms with Crippen LogP contribution < -0.4 is 10.6 Å². The molecule has 0 unspecified atom stereocenters. The third-order valence-electron chi connectivity index (χ3n) is 4.12. The number of hydrogen-bond acceptors (Lipinski definition) is 3. The van der Waals surface area contributed by atoms with Gasteiger partial charge in [-0.15, -0.1) is 0 Å². The number of nitrogens with zero attached hydrogens (tertiary/aromatic N) is 1. The Labute approximate surface area is 157 Å². The van der Waals surface area contributed by atoms with Crippen molar-refractivity contribution < 1.29 is 13.9 Å². The van der Waals surface area contributed by atoms with E-state index in [1.807, 2.05) is 6.07 Å². The second kappa shape index (κ2) is 11.4. The summed E-state index contributed by atoms with van der Waals surface area (Å²) in [5.41, 5.74) is 0.864. The summed E-state index contributed by atoms with van der Waals surface area (Å²) in [7, 11) is 1.72. The predicted octanol–water partition coefficient (Wildman–Crippen LogP) is 3.09. The largest absolute Gasteiger partial charge is 0.381 e. The monoisotopic (exact) mass is 415 g/mol. The molecule has 2 N–H and O–H groups in total. The molecule has 140 valence electrons. The number of guanidine groups is 1. The second-order valence-corrected chi connectivity index (χ2v) is 6.94. The van der Waals surface area contributed by atoms with Crippen molar-refractivity contribution in [2.24, 2.45) is 10.9 Å². The lowest BCUT2D eigenvalue weighted by atomic mass is 10.0. The van der Waals surface area contributed by atoms with Gasteiger partial charge in [0.25, 0.3) is 0 Å². The van der Waals surface area contributed by atoms with E-state index in [4.69, 9.17) is 9.47 Å². The van der Waals surface area contributed by atoms with Crippen molar-refractivity contribution >= 4 is 21.9 Å². The Hall–Kier alpha value is -1.18. The summed E-state index contributed by atoms with van der Waals surface area (Å²) in [4.78, 5) is 4.17. The van der Waals surface area contributed by atoms with Gasteiger partial charge in [-0.05, 0) is 58.8 Å². The van der Waals surface area contributed by atoms with E-state index in [1.54, 1.807) is 13.1 Å². The number of benzene rings is 1. The summed E-state index contributed by atoms with van der Waals surface area (Å²) in [5, 5.41) is 6.42. The molecule has 0 aromatic heterocycles. The first-order chi connectivity index (χ1) is 12.2. The molecule has 0 atom stereocenters. The molecule has 0 aliphatic carbocycles. The van der Waals surface area contributed by atoms with Crippen LogP contribution in [-0.4, -0.2) is 46.0 Å². The van der Waals surface area contributed by atoms with Gasteiger partial charge < -0.3 is 20.1 Å². The maximum Gasteiger partial charge on any atom is 0.191 e. The van der Waals surface area contributed by atoms with E-state index in [-0.39, 0.29) is 5.82 Å². The zero-order valence-corrected chi connectivity index (χ0v) is 16.3. The molecule has 0 radical (unpaired) electrons. The molecule has 1 aliphatic heterocycles. The number of rotatable bonds is 8. The third-order valence-corrected chi connectivity index (χ3v) is 4.76. The van der Waals surface area contributed by atoms with Crippen molar-refractivity contribution in [2.75, 3.05) is 40.0 Å². The molecule has 1 fully saturated rings. The van der Waals surface area contributed by atoms with Gasteiger partial charge >= 0.3 is 0 Å². The van der Waals surface area contributed by atoms with Crippen LogP contribution >= 0.6 is 15.9 Å². The summed E-state index contributed by atoms with van der Waals surface area (Å²) < 4.78 is 25.1. The van der Waals surface area contributed by atoms with Crippen LogP contribution in [0.25, 0.3) is 0 Å². The molecule has 5 nitrogen and oxygen atoms in total. The number of hydrogen-bond donors (Lipinski definition) is 2. The Morgan fingerprint density at radius 1 is 1.36 bits per heavy atom. The molecule has 7 heteroatoms. The fourth-order valence-electron chi connectivity index (χ4n) is 2.60. The molecule has 0 bridgehead atoms. The van der Waals surface area contributed by atoms with Gasteiger partial charge in [-0.1, -0.05) is 6.07 Å². The standard InChI is InChI=1S/C18H27BrFN3O2/c1-21-18(23-12-15-3-4-16(19)17(20)11-15)22-7-2-8-25-13-14-5-9-24-10-6-14/h3-4,11,14H,2,5-10,12-13H2,1H3,(H2,21,22,23). The Kier molecular flexibility index (Phi) is 9.21. The SMILES string of the molecule is CN=C(NCCCOCC1CCOCC1)NCc1ccc(Br)c(F)c1. The van der Waals surface area contributed by atoms with Gasteiger partial charge in [-0.3, -0.25) is 4.99 Å². The molecular formula is C18H27BrFN3O2. The molecule has 1 aromatic rings. The van der Waals surface area contributed by atoms with Crippen LogP contribution in [0.3, 0.4) is 0 Å². The van der Waals surface area contributed by atoms with Gasteiger partial charge in [0.05, 0.1) is 4.47 Å². The number of halogens is 2. The lowest BCUT2D eigenvalue weighted by molar-refractivity contribution is 0.0203. The van der Waals surface area contributed by atoms with Crippen LogP contribution in [0.5, 0.6) is 0 Å². The zero-order valence-electron chi connectivity index (χ0n) is 14.7. The van der Waals surface area contributed by atoms with Crippen LogP contribution in [0.2, 0.25) is 0 Å². The second-order valence-electron chi connectivity index (χ2n) is 6.09. The maximum absolute atomic E-state index is 13.5. The summed E-state index contributed by atoms with van der Waals surface area (Å²) in [6.45, 7) is 4.58. The fourth-order valence-corrected chi connectivity index (χ4v) is 2.85. The van der Waals surface area contributed by atoms with Crippen LogP contribution in [-0.2, 0) is 16.0 Å². The first-order valence-electron chi connectivity index (χ1n) is 8.73. The number of aliphatic imine (C=N–C) groups is 1. The third kappa shape index (κ3) is 7.71. The summed E-state index contributed by atoms with van der Waals surface area (Å²) in [6, 6.07) is 5.09. The van der Waals surface area contributed by atoms with Crippen LogP contribution in [0, 0.1) is 11.7 Å². The van der Waals surface area contributed by atoms with Gasteiger partial charge in [0, 0.05) is 46.6 Å². The molecule has 1 aromatic carbocycles. The summed E-state index contributed by atoms with van der Waals surface area (Å²) in [6.07, 6.45) is 3.12. The fraction of sp³-hybridized carbons (Fsp3) is 0.611. The van der Waals surface area contributed by atoms with Crippen LogP contribution in [0.1, 0.15) is 24.8 Å². The molecule has 1 aliphatic rings. The van der Waals surface area contributed by atoms with E-state index >= 15 is 0 Å². The van der Waals surface area contributed by atoms with Crippen molar-refractivity contribution in [1.82, 2.24) is 10.6 Å². The summed E-state index contributed by atoms with van der Waals surface area (Å²) >= 11 is 3.15. The maximum atomic E-state index is 13.5. The number of ether oxygens (including phenoxy) is 2. The van der Waals surface area contributed by atoms with Gasteiger partial charge in [0.15, 0.2) is 5.96 Å². The lowest BCUT2D eigenvalue weighted by Gasteiger charge is -2.21. The zero-order chi connectivity index (χ0) is 17.9. The van der Waals surface area contributed by atoms with Crippen molar-refractivity contribution in [3.8, 4) is 0 Å². The average Bonchev–Trinajstić information content (AvgIpc) is 2.64. The van der Waals surface area contributed by atoms with Gasteiger partial charge in [-0.25, -0.2) is 4.39 Å². The highest BCUT2D eigenvalue weighted by molar-refractivity contribution is 9.10. The summed E-state index contributed by atoms with van der Waals surface area (Å²) in [5.74, 6) is 1.08. The van der Waals surface area contributed by atoms with Gasteiger partial charge in [0.1, 0.15) is 5.82 Å². The highest BCUT2D eigenvalue weighted by Crippen LogP contribution is 2.16. The molecule has 1 heterocycles. The molecular weight excluding hydrogens is 389 g/mol.